The zero-order chi connectivity index (χ0) is 13.2. The fourth-order valence-electron chi connectivity index (χ4n) is 3.29. The van der Waals surface area contributed by atoms with Crippen molar-refractivity contribution in [3.05, 3.63) is 70.8 Å². The largest absolute Gasteiger partial charge is 0.328 e. The molecule has 1 aliphatic rings. The van der Waals surface area contributed by atoms with Crippen molar-refractivity contribution < 1.29 is 0 Å². The van der Waals surface area contributed by atoms with Crippen LogP contribution >= 0.6 is 0 Å². The van der Waals surface area contributed by atoms with Crippen molar-refractivity contribution in [3.8, 4) is 0 Å². The van der Waals surface area contributed by atoms with Crippen LogP contribution in [0.4, 0.5) is 0 Å². The lowest BCUT2D eigenvalue weighted by atomic mass is 9.87. The Bertz CT molecular complexity index is 571. The molecule has 1 heteroatoms. The van der Waals surface area contributed by atoms with E-state index < -0.39 is 0 Å². The second kappa shape index (κ2) is 5.18. The fraction of sp³-hybridized carbons (Fsp3) is 0.333. The molecule has 0 heterocycles. The maximum atomic E-state index is 5.99. The summed E-state index contributed by atoms with van der Waals surface area (Å²) in [4.78, 5) is 0. The van der Waals surface area contributed by atoms with Crippen molar-refractivity contribution in [1.29, 1.82) is 0 Å². The first kappa shape index (κ1) is 12.4. The van der Waals surface area contributed by atoms with Gasteiger partial charge in [0, 0.05) is 12.0 Å². The predicted molar refractivity (Wildman–Crippen MR) is 80.4 cm³/mol. The minimum absolute atomic E-state index is 0.220. The molecule has 0 bridgehead atoms. The molecule has 0 spiro atoms. The van der Waals surface area contributed by atoms with Crippen LogP contribution in [0.1, 0.15) is 41.5 Å². The number of hydrogen-bond donors (Lipinski definition) is 1. The maximum absolute atomic E-state index is 5.99. The molecule has 0 fully saturated rings. The van der Waals surface area contributed by atoms with E-state index in [1.165, 1.54) is 35.1 Å². The molecule has 0 aliphatic heterocycles. The zero-order valence-electron chi connectivity index (χ0n) is 11.5. The van der Waals surface area contributed by atoms with E-state index in [0.29, 0.717) is 5.92 Å². The average Bonchev–Trinajstić information content (AvgIpc) is 2.82. The number of rotatable bonds is 3. The van der Waals surface area contributed by atoms with Gasteiger partial charge in [-0.25, -0.2) is 0 Å². The number of hydrogen-bond acceptors (Lipinski definition) is 1. The molecule has 2 atom stereocenters. The van der Waals surface area contributed by atoms with Crippen molar-refractivity contribution in [2.75, 3.05) is 0 Å². The molecule has 0 saturated carbocycles. The van der Waals surface area contributed by atoms with Gasteiger partial charge in [0.15, 0.2) is 0 Å². The van der Waals surface area contributed by atoms with Crippen LogP contribution in [-0.4, -0.2) is 6.04 Å². The highest BCUT2D eigenvalue weighted by atomic mass is 14.6. The Morgan fingerprint density at radius 1 is 1.05 bits per heavy atom. The number of nitrogens with two attached hydrogens (primary N) is 1. The molecule has 19 heavy (non-hydrogen) atoms. The van der Waals surface area contributed by atoms with Gasteiger partial charge in [-0.05, 0) is 48.4 Å². The molecule has 0 aromatic heterocycles. The minimum atomic E-state index is 0.220. The molecule has 2 aromatic carbocycles. The molecule has 0 radical (unpaired) electrons. The van der Waals surface area contributed by atoms with E-state index in [4.69, 9.17) is 5.73 Å². The lowest BCUT2D eigenvalue weighted by Gasteiger charge is -2.18. The summed E-state index contributed by atoms with van der Waals surface area (Å²) < 4.78 is 0. The van der Waals surface area contributed by atoms with Crippen molar-refractivity contribution in [1.82, 2.24) is 0 Å². The van der Waals surface area contributed by atoms with Gasteiger partial charge in [-0.15, -0.1) is 0 Å². The lowest BCUT2D eigenvalue weighted by Crippen LogP contribution is -2.19. The van der Waals surface area contributed by atoms with Crippen LogP contribution in [0.25, 0.3) is 0 Å². The third-order valence-corrected chi connectivity index (χ3v) is 4.11. The number of benzene rings is 2. The van der Waals surface area contributed by atoms with E-state index in [-0.39, 0.29) is 6.04 Å². The molecule has 2 aromatic rings. The van der Waals surface area contributed by atoms with Crippen molar-refractivity contribution >= 4 is 0 Å². The Morgan fingerprint density at radius 2 is 1.74 bits per heavy atom. The van der Waals surface area contributed by atoms with Gasteiger partial charge < -0.3 is 5.73 Å². The van der Waals surface area contributed by atoms with Gasteiger partial charge >= 0.3 is 0 Å². The van der Waals surface area contributed by atoms with Gasteiger partial charge in [0.1, 0.15) is 0 Å². The number of aryl methyl sites for hydroxylation is 1. The third-order valence-electron chi connectivity index (χ3n) is 4.11. The Hall–Kier alpha value is -1.60. The van der Waals surface area contributed by atoms with E-state index in [9.17, 15) is 0 Å². The average molecular weight is 251 g/mol. The highest BCUT2D eigenvalue weighted by molar-refractivity contribution is 5.45. The van der Waals surface area contributed by atoms with Gasteiger partial charge in [0.25, 0.3) is 0 Å². The van der Waals surface area contributed by atoms with Crippen LogP contribution in [0.3, 0.4) is 0 Å². The first-order chi connectivity index (χ1) is 9.25. The van der Waals surface area contributed by atoms with Gasteiger partial charge in [-0.3, -0.25) is 0 Å². The molecular weight excluding hydrogens is 230 g/mol. The summed E-state index contributed by atoms with van der Waals surface area (Å²) in [6.45, 7) is 2.08. The summed E-state index contributed by atoms with van der Waals surface area (Å²) in [6.07, 6.45) is 3.40. The zero-order valence-corrected chi connectivity index (χ0v) is 11.5. The molecule has 2 unspecified atom stereocenters. The lowest BCUT2D eigenvalue weighted by molar-refractivity contribution is 0.712. The Labute approximate surface area is 115 Å². The summed E-state index contributed by atoms with van der Waals surface area (Å²) in [7, 11) is 0. The predicted octanol–water partition coefficient (Wildman–Crippen LogP) is 3.65. The van der Waals surface area contributed by atoms with Crippen LogP contribution < -0.4 is 5.73 Å². The standard InChI is InChI=1S/C18H21N/c1-13(19)12-15-7-3-5-9-17(15)18-11-10-14-6-2-4-8-16(14)18/h2-9,13,18H,10-12,19H2,1H3. The molecule has 0 amide bonds. The molecule has 0 saturated heterocycles. The quantitative estimate of drug-likeness (QED) is 0.885. The van der Waals surface area contributed by atoms with E-state index in [0.717, 1.165) is 6.42 Å². The number of fused-ring (bicyclic) bond motifs is 1. The van der Waals surface area contributed by atoms with E-state index in [1.807, 2.05) is 0 Å². The highest BCUT2D eigenvalue weighted by Crippen LogP contribution is 2.39. The molecule has 3 rings (SSSR count). The molecule has 98 valence electrons. The van der Waals surface area contributed by atoms with Gasteiger partial charge in [0.05, 0.1) is 0 Å². The van der Waals surface area contributed by atoms with Gasteiger partial charge in [-0.1, -0.05) is 48.5 Å². The summed E-state index contributed by atoms with van der Waals surface area (Å²) >= 11 is 0. The van der Waals surface area contributed by atoms with Crippen LogP contribution in [0.15, 0.2) is 48.5 Å². The Balaban J connectivity index is 2.00. The second-order valence-corrected chi connectivity index (χ2v) is 5.67. The Kier molecular flexibility index (Phi) is 3.39. The normalized spacial score (nSPS) is 19.2. The second-order valence-electron chi connectivity index (χ2n) is 5.67. The summed E-state index contributed by atoms with van der Waals surface area (Å²) in [5.74, 6) is 0.561. The van der Waals surface area contributed by atoms with Crippen LogP contribution in [-0.2, 0) is 12.8 Å². The Morgan fingerprint density at radius 3 is 2.53 bits per heavy atom. The van der Waals surface area contributed by atoms with Crippen LogP contribution in [0.2, 0.25) is 0 Å². The van der Waals surface area contributed by atoms with E-state index >= 15 is 0 Å². The SMILES string of the molecule is CC(N)Cc1ccccc1C1CCc2ccccc21. The van der Waals surface area contributed by atoms with Gasteiger partial charge in [0.2, 0.25) is 0 Å². The summed E-state index contributed by atoms with van der Waals surface area (Å²) in [5.41, 5.74) is 11.9. The smallest absolute Gasteiger partial charge is 0.00979 e. The molecule has 2 N–H and O–H groups in total. The van der Waals surface area contributed by atoms with Crippen molar-refractivity contribution in [2.45, 2.75) is 38.1 Å². The third kappa shape index (κ3) is 2.43. The minimum Gasteiger partial charge on any atom is -0.328 e. The first-order valence-corrected chi connectivity index (χ1v) is 7.17. The monoisotopic (exact) mass is 251 g/mol. The highest BCUT2D eigenvalue weighted by Gasteiger charge is 2.25. The maximum Gasteiger partial charge on any atom is 0.00979 e. The van der Waals surface area contributed by atoms with Crippen LogP contribution in [0.5, 0.6) is 0 Å². The van der Waals surface area contributed by atoms with Crippen LogP contribution in [0, 0.1) is 0 Å². The van der Waals surface area contributed by atoms with E-state index in [1.54, 1.807) is 0 Å². The molecule has 1 aliphatic carbocycles. The van der Waals surface area contributed by atoms with E-state index in [2.05, 4.69) is 55.5 Å². The topological polar surface area (TPSA) is 26.0 Å². The first-order valence-electron chi connectivity index (χ1n) is 7.17. The summed E-state index contributed by atoms with van der Waals surface area (Å²) in [5, 5.41) is 0. The fourth-order valence-corrected chi connectivity index (χ4v) is 3.29. The van der Waals surface area contributed by atoms with Crippen molar-refractivity contribution in [2.24, 2.45) is 5.73 Å². The molecule has 1 nitrogen and oxygen atoms in total. The van der Waals surface area contributed by atoms with Gasteiger partial charge in [-0.2, -0.15) is 0 Å². The summed E-state index contributed by atoms with van der Waals surface area (Å²) in [6, 6.07) is 17.9. The molecular formula is C18H21N. The van der Waals surface area contributed by atoms with Crippen molar-refractivity contribution in [3.63, 3.8) is 0 Å².